The maximum Gasteiger partial charge on any atom is 0.338 e. The SMILES string of the molecule is C/C=C(\C)C(=O)O[C@@H]1[C@@H](OC(=O)c2ccccc2)[C@]2(C)[C@@H](C(C)=O)CC[C@]2(O)[C@]2(O)CC=C3C[C@@H](O[C@H]4C[C@@H](OC)[C@H](O[C@@H]5O[C@H](C)[C@@H](O)[C@@H](OC)[C@H]5O)[C@@H](C)O4)CC[C@]3(C)[C@@H]12. The molecule has 0 aromatic heterocycles. The van der Waals surface area contributed by atoms with Crippen molar-refractivity contribution in [3.05, 3.63) is 59.2 Å². The summed E-state index contributed by atoms with van der Waals surface area (Å²) in [6.45, 7) is 12.0. The molecule has 0 spiro atoms. The first-order chi connectivity index (χ1) is 29.3. The third kappa shape index (κ3) is 7.61. The lowest BCUT2D eigenvalue weighted by molar-refractivity contribution is -0.343. The summed E-state index contributed by atoms with van der Waals surface area (Å²) >= 11 is 0. The molecule has 0 radical (unpaired) electrons. The van der Waals surface area contributed by atoms with Gasteiger partial charge in [-0.05, 0) is 90.7 Å². The molecule has 4 N–H and O–H groups in total. The summed E-state index contributed by atoms with van der Waals surface area (Å²) < 4.78 is 49.3. The average molecular weight is 871 g/mol. The topological polar surface area (TPSA) is 206 Å². The summed E-state index contributed by atoms with van der Waals surface area (Å²) in [5, 5.41) is 47.8. The molecule has 0 unspecified atom stereocenters. The molecule has 5 fully saturated rings. The number of Topliss-reactive ketones (excluding diaryl/α,β-unsaturated/α-hetero) is 1. The normalized spacial score (nSPS) is 45.5. The number of benzene rings is 1. The summed E-state index contributed by atoms with van der Waals surface area (Å²) in [5.41, 5.74) is -4.72. The molecule has 0 bridgehead atoms. The summed E-state index contributed by atoms with van der Waals surface area (Å²) in [4.78, 5) is 41.4. The molecule has 18 atom stereocenters. The minimum atomic E-state index is -1.92. The number of ketones is 1. The van der Waals surface area contributed by atoms with Crippen molar-refractivity contribution in [2.75, 3.05) is 14.2 Å². The highest BCUT2D eigenvalue weighted by molar-refractivity contribution is 5.90. The highest BCUT2D eigenvalue weighted by atomic mass is 16.7. The fraction of sp³-hybridized carbons (Fsp3) is 0.723. The Balaban J connectivity index is 1.17. The van der Waals surface area contributed by atoms with Crippen LogP contribution >= 0.6 is 0 Å². The lowest BCUT2D eigenvalue weighted by Gasteiger charge is -2.68. The largest absolute Gasteiger partial charge is 0.455 e. The van der Waals surface area contributed by atoms with E-state index in [-0.39, 0.29) is 36.7 Å². The number of hydrogen-bond donors (Lipinski definition) is 4. The first kappa shape index (κ1) is 46.9. The van der Waals surface area contributed by atoms with E-state index in [9.17, 15) is 34.8 Å². The van der Waals surface area contributed by atoms with Gasteiger partial charge in [-0.2, -0.15) is 0 Å². The predicted molar refractivity (Wildman–Crippen MR) is 221 cm³/mol. The quantitative estimate of drug-likeness (QED) is 0.140. The van der Waals surface area contributed by atoms with Gasteiger partial charge in [-0.25, -0.2) is 9.59 Å². The average Bonchev–Trinajstić information content (AvgIpc) is 3.54. The van der Waals surface area contributed by atoms with Crippen LogP contribution in [0.1, 0.15) is 104 Å². The number of aliphatic hydroxyl groups excluding tert-OH is 2. The van der Waals surface area contributed by atoms with Crippen LogP contribution < -0.4 is 0 Å². The van der Waals surface area contributed by atoms with Gasteiger partial charge in [0.2, 0.25) is 0 Å². The lowest BCUT2D eigenvalue weighted by atomic mass is 9.42. The Morgan fingerprint density at radius 2 is 1.56 bits per heavy atom. The van der Waals surface area contributed by atoms with Crippen LogP contribution in [-0.4, -0.2) is 137 Å². The van der Waals surface area contributed by atoms with Gasteiger partial charge in [0.1, 0.15) is 53.6 Å². The van der Waals surface area contributed by atoms with E-state index >= 15 is 0 Å². The fourth-order valence-electron chi connectivity index (χ4n) is 12.1. The molecule has 0 amide bonds. The van der Waals surface area contributed by atoms with Crippen LogP contribution in [0.3, 0.4) is 0 Å². The van der Waals surface area contributed by atoms with Crippen LogP contribution in [0, 0.1) is 22.7 Å². The molecule has 15 heteroatoms. The molecule has 4 aliphatic carbocycles. The maximum atomic E-state index is 14.0. The van der Waals surface area contributed by atoms with Gasteiger partial charge in [-0.1, -0.05) is 49.8 Å². The Hall–Kier alpha value is -3.09. The van der Waals surface area contributed by atoms with Crippen LogP contribution in [0.4, 0.5) is 0 Å². The van der Waals surface area contributed by atoms with Crippen molar-refractivity contribution in [1.29, 1.82) is 0 Å². The molecule has 2 heterocycles. The molecule has 1 aromatic carbocycles. The number of fused-ring (bicyclic) bond motifs is 5. The number of aliphatic hydroxyl groups is 4. The van der Waals surface area contributed by atoms with Gasteiger partial charge in [-0.3, -0.25) is 4.79 Å². The van der Waals surface area contributed by atoms with Crippen LogP contribution in [0.25, 0.3) is 0 Å². The van der Waals surface area contributed by atoms with Crippen molar-refractivity contribution < 1.29 is 72.7 Å². The molecule has 1 aromatic rings. The zero-order valence-electron chi connectivity index (χ0n) is 37.4. The van der Waals surface area contributed by atoms with Crippen molar-refractivity contribution in [3.63, 3.8) is 0 Å². The molecule has 344 valence electrons. The maximum absolute atomic E-state index is 14.0. The number of carbonyl (C=O) groups excluding carboxylic acids is 3. The van der Waals surface area contributed by atoms with E-state index in [1.807, 2.05) is 19.9 Å². The summed E-state index contributed by atoms with van der Waals surface area (Å²) in [7, 11) is 2.97. The van der Waals surface area contributed by atoms with Gasteiger partial charge in [0.15, 0.2) is 12.6 Å². The van der Waals surface area contributed by atoms with E-state index in [2.05, 4.69) is 0 Å². The van der Waals surface area contributed by atoms with Crippen LogP contribution in [-0.2, 0) is 47.5 Å². The molecular formula is C47H66O15. The Morgan fingerprint density at radius 3 is 2.21 bits per heavy atom. The van der Waals surface area contributed by atoms with Crippen molar-refractivity contribution in [2.24, 2.45) is 22.7 Å². The van der Waals surface area contributed by atoms with Gasteiger partial charge in [0, 0.05) is 43.5 Å². The zero-order chi connectivity index (χ0) is 45.1. The number of rotatable bonds is 11. The monoisotopic (exact) mass is 870 g/mol. The number of carbonyl (C=O) groups is 3. The third-order valence-electron chi connectivity index (χ3n) is 15.7. The van der Waals surface area contributed by atoms with E-state index < -0.39 is 113 Å². The van der Waals surface area contributed by atoms with Gasteiger partial charge in [-0.15, -0.1) is 0 Å². The summed E-state index contributed by atoms with van der Waals surface area (Å²) in [6.07, 6.45) is -4.67. The first-order valence-corrected chi connectivity index (χ1v) is 22.1. The Morgan fingerprint density at radius 1 is 0.855 bits per heavy atom. The van der Waals surface area contributed by atoms with E-state index in [1.54, 1.807) is 71.2 Å². The second kappa shape index (κ2) is 17.7. The minimum Gasteiger partial charge on any atom is -0.455 e. The van der Waals surface area contributed by atoms with E-state index in [0.717, 1.165) is 5.57 Å². The van der Waals surface area contributed by atoms with Gasteiger partial charge in [0.25, 0.3) is 0 Å². The lowest BCUT2D eigenvalue weighted by Crippen LogP contribution is -2.80. The molecule has 7 rings (SSSR count). The van der Waals surface area contributed by atoms with Gasteiger partial charge in [0.05, 0.1) is 30.0 Å². The van der Waals surface area contributed by atoms with Crippen molar-refractivity contribution in [2.45, 2.75) is 178 Å². The smallest absolute Gasteiger partial charge is 0.338 e. The summed E-state index contributed by atoms with van der Waals surface area (Å²) in [5.74, 6) is -3.34. The number of methoxy groups -OCH3 is 2. The number of esters is 2. The molecule has 6 aliphatic rings. The van der Waals surface area contributed by atoms with Crippen LogP contribution in [0.5, 0.6) is 0 Å². The van der Waals surface area contributed by atoms with Crippen LogP contribution in [0.15, 0.2) is 53.6 Å². The van der Waals surface area contributed by atoms with Gasteiger partial charge < -0.3 is 58.3 Å². The molecule has 15 nitrogen and oxygen atoms in total. The summed E-state index contributed by atoms with van der Waals surface area (Å²) in [6, 6.07) is 8.41. The van der Waals surface area contributed by atoms with Crippen molar-refractivity contribution in [1.82, 2.24) is 0 Å². The van der Waals surface area contributed by atoms with E-state index in [4.69, 9.17) is 37.9 Å². The molecular weight excluding hydrogens is 805 g/mol. The van der Waals surface area contributed by atoms with E-state index in [1.165, 1.54) is 14.0 Å². The molecule has 62 heavy (non-hydrogen) atoms. The second-order valence-electron chi connectivity index (χ2n) is 18.9. The first-order valence-electron chi connectivity index (χ1n) is 22.1. The Labute approximate surface area is 364 Å². The molecule has 2 saturated heterocycles. The fourth-order valence-corrected chi connectivity index (χ4v) is 12.1. The van der Waals surface area contributed by atoms with Gasteiger partial charge >= 0.3 is 11.9 Å². The van der Waals surface area contributed by atoms with E-state index in [0.29, 0.717) is 31.3 Å². The molecule has 2 aliphatic heterocycles. The minimum absolute atomic E-state index is 0.00157. The number of hydrogen-bond acceptors (Lipinski definition) is 15. The third-order valence-corrected chi connectivity index (χ3v) is 15.7. The zero-order valence-corrected chi connectivity index (χ0v) is 37.4. The highest BCUT2D eigenvalue weighted by Gasteiger charge is 2.80. The predicted octanol–water partition coefficient (Wildman–Crippen LogP) is 4.11. The number of ether oxygens (including phenoxy) is 8. The Kier molecular flexibility index (Phi) is 13.4. The highest BCUT2D eigenvalue weighted by Crippen LogP contribution is 2.70. The van der Waals surface area contributed by atoms with Crippen LogP contribution in [0.2, 0.25) is 0 Å². The van der Waals surface area contributed by atoms with Crippen molar-refractivity contribution in [3.8, 4) is 0 Å². The Bertz CT molecular complexity index is 1890. The standard InChI is InChI=1S/C47H66O15/c1-10-24(2)41(51)60-38-39-44(6)19-17-30(59-33-23-32(55-8)36(27(5)57-33)61-43-35(50)37(56-9)34(49)26(4)58-43)22-29(44)16-20-46(39,53)47(54)21-18-31(25(3)48)45(47,7)40(38)62-42(52)28-14-12-11-13-15-28/h10-16,26-27,30-40,43,49-50,53-54H,17-23H2,1-9H3/b24-10+/t26-,27-,30+,31-,32-,33+,34-,35-,36-,37-,38+,39-,40-,43+,44+,45+,46+,47-/m1/s1. The number of allylic oxidation sites excluding steroid dienone is 1. The van der Waals surface area contributed by atoms with Crippen molar-refractivity contribution >= 4 is 17.7 Å². The second-order valence-corrected chi connectivity index (χ2v) is 18.9. The molecule has 3 saturated carbocycles.